The third-order valence-corrected chi connectivity index (χ3v) is 4.51. The third-order valence-electron chi connectivity index (χ3n) is 1.83. The monoisotopic (exact) mass is 142 g/mol. The van der Waals surface area contributed by atoms with Gasteiger partial charge in [-0.2, -0.15) is 0 Å². The molecular weight excluding hydrogens is 124 g/mol. The topological polar surface area (TPSA) is 0 Å². The fourth-order valence-corrected chi connectivity index (χ4v) is 2.27. The van der Waals surface area contributed by atoms with E-state index in [1.807, 2.05) is 0 Å². The molecule has 0 radical (unpaired) electrons. The highest BCUT2D eigenvalue weighted by Crippen LogP contribution is 2.13. The van der Waals surface area contributed by atoms with Crippen molar-refractivity contribution in [3.05, 3.63) is 12.2 Å². The van der Waals surface area contributed by atoms with Gasteiger partial charge < -0.3 is 0 Å². The van der Waals surface area contributed by atoms with Crippen molar-refractivity contribution in [2.45, 2.75) is 38.8 Å². The van der Waals surface area contributed by atoms with E-state index in [4.69, 9.17) is 0 Å². The van der Waals surface area contributed by atoms with E-state index >= 15 is 0 Å². The third kappa shape index (κ3) is 4.46. The van der Waals surface area contributed by atoms with Crippen LogP contribution in [0.4, 0.5) is 0 Å². The fraction of sp³-hybridized carbons (Fsp3) is 0.750. The van der Waals surface area contributed by atoms with Gasteiger partial charge in [0, 0.05) is 9.52 Å². The predicted molar refractivity (Wildman–Crippen MR) is 47.9 cm³/mol. The molecule has 0 aliphatic heterocycles. The molecule has 54 valence electrons. The van der Waals surface area contributed by atoms with Crippen LogP contribution in [0.5, 0.6) is 0 Å². The van der Waals surface area contributed by atoms with Crippen LogP contribution in [0.3, 0.4) is 0 Å². The Kier molecular flexibility index (Phi) is 4.78. The summed E-state index contributed by atoms with van der Waals surface area (Å²) in [5.74, 6) is 0. The molecule has 0 aromatic carbocycles. The van der Waals surface area contributed by atoms with Gasteiger partial charge in [0.15, 0.2) is 0 Å². The summed E-state index contributed by atoms with van der Waals surface area (Å²) >= 11 is 0. The fourth-order valence-electron chi connectivity index (χ4n) is 0.757. The van der Waals surface area contributed by atoms with Gasteiger partial charge >= 0.3 is 0 Å². The molecule has 0 amide bonds. The van der Waals surface area contributed by atoms with Gasteiger partial charge in [0.2, 0.25) is 0 Å². The van der Waals surface area contributed by atoms with E-state index < -0.39 is 0 Å². The maximum atomic E-state index is 3.94. The van der Waals surface area contributed by atoms with Gasteiger partial charge in [-0.3, -0.25) is 0 Å². The lowest BCUT2D eigenvalue weighted by Gasteiger charge is -2.07. The van der Waals surface area contributed by atoms with Gasteiger partial charge in [-0.25, -0.2) is 0 Å². The molecule has 0 aromatic heterocycles. The van der Waals surface area contributed by atoms with E-state index in [0.29, 0.717) is 0 Å². The second-order valence-electron chi connectivity index (χ2n) is 2.89. The number of hydrogen-bond donors (Lipinski definition) is 0. The first-order valence-corrected chi connectivity index (χ1v) is 5.65. The molecule has 0 aromatic rings. The predicted octanol–water partition coefficient (Wildman–Crippen LogP) is 2.37. The highest BCUT2D eigenvalue weighted by molar-refractivity contribution is 6.38. The Morgan fingerprint density at radius 3 is 2.56 bits per heavy atom. The van der Waals surface area contributed by atoms with Crippen LogP contribution in [-0.2, 0) is 0 Å². The second kappa shape index (κ2) is 4.80. The molecule has 0 aliphatic rings. The zero-order valence-electron chi connectivity index (χ0n) is 6.91. The standard InChI is InChI=1S/C8H18Si/c1-5-6-9-8(4)7(2)3/h8H,2,5-6,9H2,1,3-4H3. The summed E-state index contributed by atoms with van der Waals surface area (Å²) in [6.07, 6.45) is 1.36. The average molecular weight is 142 g/mol. The molecule has 0 N–H and O–H groups in total. The average Bonchev–Trinajstić information content (AvgIpc) is 1.82. The summed E-state index contributed by atoms with van der Waals surface area (Å²) in [6.45, 7) is 10.7. The van der Waals surface area contributed by atoms with E-state index in [9.17, 15) is 0 Å². The Morgan fingerprint density at radius 2 is 2.22 bits per heavy atom. The number of rotatable bonds is 4. The van der Waals surface area contributed by atoms with Crippen molar-refractivity contribution >= 4 is 9.52 Å². The molecule has 0 nitrogen and oxygen atoms in total. The molecule has 9 heavy (non-hydrogen) atoms. The van der Waals surface area contributed by atoms with Crippen LogP contribution in [0.2, 0.25) is 11.6 Å². The molecule has 0 spiro atoms. The summed E-state index contributed by atoms with van der Waals surface area (Å²) in [7, 11) is 0.189. The molecular formula is C8H18Si. The molecule has 1 heteroatoms. The molecule has 0 rings (SSSR count). The van der Waals surface area contributed by atoms with Crippen LogP contribution >= 0.6 is 0 Å². The molecule has 0 fully saturated rings. The minimum Gasteiger partial charge on any atom is -0.100 e. The first-order chi connectivity index (χ1) is 4.18. The number of allylic oxidation sites excluding steroid dienone is 1. The van der Waals surface area contributed by atoms with E-state index in [-0.39, 0.29) is 9.52 Å². The van der Waals surface area contributed by atoms with Crippen LogP contribution in [0, 0.1) is 0 Å². The van der Waals surface area contributed by atoms with Gasteiger partial charge in [0.1, 0.15) is 0 Å². The van der Waals surface area contributed by atoms with Crippen LogP contribution < -0.4 is 0 Å². The highest BCUT2D eigenvalue weighted by Gasteiger charge is 2.00. The summed E-state index contributed by atoms with van der Waals surface area (Å²) in [5, 5.41) is 0. The molecule has 0 heterocycles. The van der Waals surface area contributed by atoms with Crippen LogP contribution in [0.25, 0.3) is 0 Å². The summed E-state index contributed by atoms with van der Waals surface area (Å²) in [5.41, 5.74) is 2.25. The Hall–Kier alpha value is -0.0431. The van der Waals surface area contributed by atoms with E-state index in [0.717, 1.165) is 5.54 Å². The maximum absolute atomic E-state index is 3.94. The summed E-state index contributed by atoms with van der Waals surface area (Å²) in [6, 6.07) is 1.48. The van der Waals surface area contributed by atoms with E-state index in [1.54, 1.807) is 0 Å². The van der Waals surface area contributed by atoms with Crippen molar-refractivity contribution in [3.8, 4) is 0 Å². The summed E-state index contributed by atoms with van der Waals surface area (Å²) < 4.78 is 0. The van der Waals surface area contributed by atoms with Crippen LogP contribution in [-0.4, -0.2) is 9.52 Å². The van der Waals surface area contributed by atoms with Crippen molar-refractivity contribution < 1.29 is 0 Å². The van der Waals surface area contributed by atoms with Crippen molar-refractivity contribution in [2.75, 3.05) is 0 Å². The van der Waals surface area contributed by atoms with Crippen molar-refractivity contribution in [3.63, 3.8) is 0 Å². The van der Waals surface area contributed by atoms with Gasteiger partial charge in [-0.15, -0.1) is 6.58 Å². The molecule has 0 bridgehead atoms. The molecule has 0 saturated heterocycles. The zero-order valence-corrected chi connectivity index (χ0v) is 8.32. The Bertz CT molecular complexity index is 86.6. The first kappa shape index (κ1) is 8.96. The quantitative estimate of drug-likeness (QED) is 0.417. The lowest BCUT2D eigenvalue weighted by Crippen LogP contribution is -1.98. The summed E-state index contributed by atoms with van der Waals surface area (Å²) in [4.78, 5) is 0. The molecule has 0 aliphatic carbocycles. The van der Waals surface area contributed by atoms with Crippen molar-refractivity contribution in [1.82, 2.24) is 0 Å². The Balaban J connectivity index is 3.27. The minimum absolute atomic E-state index is 0.189. The Morgan fingerprint density at radius 1 is 1.67 bits per heavy atom. The van der Waals surface area contributed by atoms with Crippen LogP contribution in [0.15, 0.2) is 12.2 Å². The van der Waals surface area contributed by atoms with E-state index in [2.05, 4.69) is 27.4 Å². The van der Waals surface area contributed by atoms with Crippen LogP contribution in [0.1, 0.15) is 27.2 Å². The first-order valence-electron chi connectivity index (χ1n) is 3.83. The minimum atomic E-state index is 0.189. The van der Waals surface area contributed by atoms with Crippen molar-refractivity contribution in [1.29, 1.82) is 0 Å². The lowest BCUT2D eigenvalue weighted by molar-refractivity contribution is 1.01. The molecule has 0 saturated carbocycles. The SMILES string of the molecule is C=C(C)C(C)[SiH2]CCC. The van der Waals surface area contributed by atoms with Gasteiger partial charge in [-0.05, 0) is 12.5 Å². The zero-order chi connectivity index (χ0) is 7.28. The van der Waals surface area contributed by atoms with Crippen molar-refractivity contribution in [2.24, 2.45) is 0 Å². The van der Waals surface area contributed by atoms with Gasteiger partial charge in [-0.1, -0.05) is 31.9 Å². The number of hydrogen-bond acceptors (Lipinski definition) is 0. The highest BCUT2D eigenvalue weighted by atomic mass is 28.2. The smallest absolute Gasteiger partial charge is 0.0278 e. The maximum Gasteiger partial charge on any atom is 0.0278 e. The molecule has 1 unspecified atom stereocenters. The largest absolute Gasteiger partial charge is 0.100 e. The van der Waals surface area contributed by atoms with Gasteiger partial charge in [0.05, 0.1) is 0 Å². The lowest BCUT2D eigenvalue weighted by atomic mass is 10.3. The molecule has 1 atom stereocenters. The second-order valence-corrected chi connectivity index (χ2v) is 5.40. The van der Waals surface area contributed by atoms with E-state index in [1.165, 1.54) is 18.0 Å². The Labute approximate surface area is 61.2 Å². The normalized spacial score (nSPS) is 14.6. The van der Waals surface area contributed by atoms with Gasteiger partial charge in [0.25, 0.3) is 0 Å².